The first-order valence-corrected chi connectivity index (χ1v) is 7.64. The molecule has 0 aromatic rings. The number of likely N-dealkylation sites (N-methyl/N-ethyl adjacent to an activating group) is 1. The minimum absolute atomic E-state index is 0.0548. The lowest BCUT2D eigenvalue weighted by Crippen LogP contribution is -2.44. The third-order valence-corrected chi connectivity index (χ3v) is 3.88. The van der Waals surface area contributed by atoms with Crippen LogP contribution < -0.4 is 0 Å². The minimum atomic E-state index is -1.01. The number of carboxylic acid groups (broad SMARTS) is 2. The quantitative estimate of drug-likeness (QED) is 0.465. The standard InChI is InChI=1S/C16H29NO6/c1-15(2,13(20)21)11-16(3,4)14(22)23-10-9-17(5,6)8-7-12(18)19/h7-11H2,1-6H3,(H-,18,19,20,21)/p+1. The summed E-state index contributed by atoms with van der Waals surface area (Å²) in [6.45, 7) is 7.61. The van der Waals surface area contributed by atoms with E-state index in [0.29, 0.717) is 17.6 Å². The molecule has 134 valence electrons. The molecule has 23 heavy (non-hydrogen) atoms. The number of carboxylic acids is 2. The lowest BCUT2D eigenvalue weighted by atomic mass is 9.75. The summed E-state index contributed by atoms with van der Waals surface area (Å²) in [5.41, 5.74) is -1.92. The molecule has 0 saturated carbocycles. The van der Waals surface area contributed by atoms with Gasteiger partial charge in [-0.1, -0.05) is 0 Å². The fraction of sp³-hybridized carbons (Fsp3) is 0.812. The topological polar surface area (TPSA) is 101 Å². The number of esters is 1. The van der Waals surface area contributed by atoms with Gasteiger partial charge in [-0.3, -0.25) is 14.4 Å². The lowest BCUT2D eigenvalue weighted by molar-refractivity contribution is -0.889. The Morgan fingerprint density at radius 2 is 1.48 bits per heavy atom. The molecular formula is C16H30NO6+. The summed E-state index contributed by atoms with van der Waals surface area (Å²) in [6, 6.07) is 0. The van der Waals surface area contributed by atoms with Gasteiger partial charge in [0, 0.05) is 0 Å². The summed E-state index contributed by atoms with van der Waals surface area (Å²) >= 11 is 0. The van der Waals surface area contributed by atoms with Crippen molar-refractivity contribution in [2.45, 2.75) is 40.5 Å². The Morgan fingerprint density at radius 3 is 1.91 bits per heavy atom. The average molecular weight is 332 g/mol. The van der Waals surface area contributed by atoms with Crippen molar-refractivity contribution < 1.29 is 33.8 Å². The number of nitrogens with zero attached hydrogens (tertiary/aromatic N) is 1. The van der Waals surface area contributed by atoms with Crippen LogP contribution in [-0.4, -0.2) is 66.4 Å². The van der Waals surface area contributed by atoms with E-state index in [1.165, 1.54) is 0 Å². The van der Waals surface area contributed by atoms with Crippen molar-refractivity contribution in [1.29, 1.82) is 0 Å². The second-order valence-corrected chi connectivity index (χ2v) is 7.91. The molecule has 0 aliphatic heterocycles. The van der Waals surface area contributed by atoms with Crippen LogP contribution in [0.3, 0.4) is 0 Å². The maximum Gasteiger partial charge on any atom is 0.311 e. The molecule has 0 atom stereocenters. The zero-order valence-electron chi connectivity index (χ0n) is 15.0. The predicted octanol–water partition coefficient (Wildman–Crippen LogP) is 1.61. The van der Waals surface area contributed by atoms with Crippen LogP contribution in [-0.2, 0) is 19.1 Å². The molecule has 0 unspecified atom stereocenters. The van der Waals surface area contributed by atoms with Gasteiger partial charge < -0.3 is 19.4 Å². The molecule has 0 spiro atoms. The van der Waals surface area contributed by atoms with E-state index in [0.717, 1.165) is 0 Å². The van der Waals surface area contributed by atoms with Gasteiger partial charge in [-0.05, 0) is 34.1 Å². The van der Waals surface area contributed by atoms with Gasteiger partial charge >= 0.3 is 17.9 Å². The molecule has 0 amide bonds. The number of aliphatic carboxylic acids is 2. The Morgan fingerprint density at radius 1 is 0.957 bits per heavy atom. The van der Waals surface area contributed by atoms with Gasteiger partial charge in [0.05, 0.1) is 37.9 Å². The van der Waals surface area contributed by atoms with Gasteiger partial charge in [-0.15, -0.1) is 0 Å². The molecule has 0 fully saturated rings. The molecule has 0 aliphatic carbocycles. The van der Waals surface area contributed by atoms with E-state index < -0.39 is 28.7 Å². The van der Waals surface area contributed by atoms with Gasteiger partial charge in [0.1, 0.15) is 13.2 Å². The molecular weight excluding hydrogens is 302 g/mol. The van der Waals surface area contributed by atoms with Crippen LogP contribution in [0, 0.1) is 10.8 Å². The van der Waals surface area contributed by atoms with Crippen molar-refractivity contribution in [3.8, 4) is 0 Å². The summed E-state index contributed by atoms with van der Waals surface area (Å²) in [5, 5.41) is 17.9. The molecule has 0 aromatic carbocycles. The second kappa shape index (κ2) is 7.77. The smallest absolute Gasteiger partial charge is 0.311 e. The SMILES string of the molecule is CC(C)(CC(C)(C)C(=O)OCC[N+](C)(C)CCC(=O)O)C(=O)O. The van der Waals surface area contributed by atoms with Crippen molar-refractivity contribution in [3.05, 3.63) is 0 Å². The number of carbonyl (C=O) groups excluding carboxylic acids is 1. The van der Waals surface area contributed by atoms with Gasteiger partial charge in [0.15, 0.2) is 0 Å². The van der Waals surface area contributed by atoms with Crippen molar-refractivity contribution >= 4 is 17.9 Å². The van der Waals surface area contributed by atoms with Crippen LogP contribution in [0.2, 0.25) is 0 Å². The molecule has 0 rings (SSSR count). The van der Waals surface area contributed by atoms with E-state index in [9.17, 15) is 19.5 Å². The highest BCUT2D eigenvalue weighted by Crippen LogP contribution is 2.34. The number of hydrogen-bond acceptors (Lipinski definition) is 4. The van der Waals surface area contributed by atoms with Gasteiger partial charge in [0.2, 0.25) is 0 Å². The summed E-state index contributed by atoms with van der Waals surface area (Å²) < 4.78 is 5.71. The highest BCUT2D eigenvalue weighted by Gasteiger charge is 2.40. The lowest BCUT2D eigenvalue weighted by Gasteiger charge is -2.32. The Bertz CT molecular complexity index is 453. The molecule has 0 aromatic heterocycles. The van der Waals surface area contributed by atoms with Crippen LogP contribution in [0.4, 0.5) is 0 Å². The van der Waals surface area contributed by atoms with Crippen LogP contribution in [0.5, 0.6) is 0 Å². The summed E-state index contributed by atoms with van der Waals surface area (Å²) in [5.74, 6) is -2.25. The first kappa shape index (κ1) is 21.4. The van der Waals surface area contributed by atoms with E-state index in [-0.39, 0.29) is 19.4 Å². The first-order valence-electron chi connectivity index (χ1n) is 7.64. The summed E-state index contributed by atoms with van der Waals surface area (Å²) in [6.07, 6.45) is 0.227. The fourth-order valence-corrected chi connectivity index (χ4v) is 2.34. The summed E-state index contributed by atoms with van der Waals surface area (Å²) in [7, 11) is 3.74. The molecule has 0 aliphatic rings. The molecule has 0 bridgehead atoms. The number of ether oxygens (including phenoxy) is 1. The third kappa shape index (κ3) is 7.97. The van der Waals surface area contributed by atoms with E-state index in [1.807, 2.05) is 14.1 Å². The monoisotopic (exact) mass is 332 g/mol. The predicted molar refractivity (Wildman–Crippen MR) is 84.9 cm³/mol. The highest BCUT2D eigenvalue weighted by atomic mass is 16.5. The molecule has 0 heterocycles. The van der Waals surface area contributed by atoms with Crippen molar-refractivity contribution in [3.63, 3.8) is 0 Å². The minimum Gasteiger partial charge on any atom is -0.481 e. The van der Waals surface area contributed by atoms with Crippen LogP contribution in [0.15, 0.2) is 0 Å². The molecule has 0 radical (unpaired) electrons. The van der Waals surface area contributed by atoms with Crippen LogP contribution in [0.25, 0.3) is 0 Å². The maximum atomic E-state index is 12.2. The molecule has 7 heteroatoms. The first-order chi connectivity index (χ1) is 10.2. The van der Waals surface area contributed by atoms with E-state index >= 15 is 0 Å². The molecule has 0 saturated heterocycles. The maximum absolute atomic E-state index is 12.2. The van der Waals surface area contributed by atoms with Gasteiger partial charge in [-0.2, -0.15) is 0 Å². The Balaban J connectivity index is 4.48. The van der Waals surface area contributed by atoms with Crippen LogP contribution in [0.1, 0.15) is 40.5 Å². The fourth-order valence-electron chi connectivity index (χ4n) is 2.34. The molecule has 7 nitrogen and oxygen atoms in total. The van der Waals surface area contributed by atoms with Crippen molar-refractivity contribution in [2.24, 2.45) is 10.8 Å². The van der Waals surface area contributed by atoms with Crippen molar-refractivity contribution in [1.82, 2.24) is 0 Å². The number of hydrogen-bond donors (Lipinski definition) is 2. The Kier molecular flexibility index (Phi) is 7.22. The van der Waals surface area contributed by atoms with Crippen LogP contribution >= 0.6 is 0 Å². The summed E-state index contributed by atoms with van der Waals surface area (Å²) in [4.78, 5) is 34.0. The average Bonchev–Trinajstić information content (AvgIpc) is 2.34. The normalized spacial score (nSPS) is 12.8. The second-order valence-electron chi connectivity index (χ2n) is 7.91. The van der Waals surface area contributed by atoms with E-state index in [4.69, 9.17) is 9.84 Å². The Hall–Kier alpha value is -1.63. The zero-order valence-corrected chi connectivity index (χ0v) is 15.0. The zero-order chi connectivity index (χ0) is 18.5. The van der Waals surface area contributed by atoms with Crippen molar-refractivity contribution in [2.75, 3.05) is 33.8 Å². The largest absolute Gasteiger partial charge is 0.481 e. The Labute approximate surface area is 137 Å². The molecule has 2 N–H and O–H groups in total. The van der Waals surface area contributed by atoms with E-state index in [2.05, 4.69) is 0 Å². The number of carbonyl (C=O) groups is 3. The van der Waals surface area contributed by atoms with Gasteiger partial charge in [0.25, 0.3) is 0 Å². The number of quaternary nitrogens is 1. The van der Waals surface area contributed by atoms with E-state index in [1.54, 1.807) is 27.7 Å². The van der Waals surface area contributed by atoms with Gasteiger partial charge in [-0.25, -0.2) is 0 Å². The number of rotatable bonds is 10. The highest BCUT2D eigenvalue weighted by molar-refractivity contribution is 5.79. The third-order valence-electron chi connectivity index (χ3n) is 3.88.